The first-order chi connectivity index (χ1) is 22.5. The third kappa shape index (κ3) is 4.55. The highest BCUT2D eigenvalue weighted by molar-refractivity contribution is 5.73. The summed E-state index contributed by atoms with van der Waals surface area (Å²) < 4.78 is 25.5. The van der Waals surface area contributed by atoms with Gasteiger partial charge in [-0.15, -0.1) is 0 Å². The molecular weight excluding hydrogens is 608 g/mol. The van der Waals surface area contributed by atoms with Gasteiger partial charge in [-0.3, -0.25) is 9.69 Å². The molecule has 1 amide bonds. The lowest BCUT2D eigenvalue weighted by Gasteiger charge is -2.64. The first-order valence-electron chi connectivity index (χ1n) is 19.4. The van der Waals surface area contributed by atoms with Crippen molar-refractivity contribution in [3.05, 3.63) is 0 Å². The molecule has 2 spiro atoms. The zero-order valence-corrected chi connectivity index (χ0v) is 30.9. The molecule has 14 atom stereocenters. The molecule has 0 unspecified atom stereocenters. The van der Waals surface area contributed by atoms with Crippen LogP contribution in [-0.4, -0.2) is 102 Å². The molecule has 9 heteroatoms. The van der Waals surface area contributed by atoms with Crippen LogP contribution in [0.1, 0.15) is 107 Å². The number of nitrogens with one attached hydrogen (secondary N) is 1. The van der Waals surface area contributed by atoms with E-state index >= 15 is 0 Å². The number of nitrogens with zero attached hydrogens (tertiary/aromatic N) is 1. The predicted octanol–water partition coefficient (Wildman–Crippen LogP) is 4.52. The predicted molar refractivity (Wildman–Crippen MR) is 181 cm³/mol. The van der Waals surface area contributed by atoms with Crippen molar-refractivity contribution in [3.63, 3.8) is 0 Å². The van der Waals surface area contributed by atoms with E-state index in [2.05, 4.69) is 44.8 Å². The molecule has 8 aliphatic rings. The van der Waals surface area contributed by atoms with E-state index in [1.54, 1.807) is 13.8 Å². The van der Waals surface area contributed by atoms with Crippen molar-refractivity contribution in [1.82, 2.24) is 10.2 Å². The van der Waals surface area contributed by atoms with Crippen LogP contribution in [0.15, 0.2) is 0 Å². The van der Waals surface area contributed by atoms with Crippen LogP contribution in [0.5, 0.6) is 0 Å². The number of hydrogen-bond acceptors (Lipinski definition) is 8. The van der Waals surface area contributed by atoms with Crippen LogP contribution in [0.25, 0.3) is 0 Å². The van der Waals surface area contributed by atoms with E-state index in [0.29, 0.717) is 29.2 Å². The third-order valence-electron chi connectivity index (χ3n) is 16.8. The molecule has 0 aromatic carbocycles. The minimum Gasteiger partial charge on any atom is -0.390 e. The molecule has 3 heterocycles. The van der Waals surface area contributed by atoms with Crippen LogP contribution in [0, 0.1) is 50.7 Å². The molecule has 0 radical (unpaired) electrons. The van der Waals surface area contributed by atoms with Gasteiger partial charge in [0.05, 0.1) is 68.5 Å². The molecule has 9 nitrogen and oxygen atoms in total. The minimum absolute atomic E-state index is 0.0300. The highest BCUT2D eigenvalue weighted by atomic mass is 16.7. The van der Waals surface area contributed by atoms with Crippen molar-refractivity contribution in [3.8, 4) is 0 Å². The Kier molecular flexibility index (Phi) is 7.93. The summed E-state index contributed by atoms with van der Waals surface area (Å²) in [7, 11) is 0. The van der Waals surface area contributed by atoms with Crippen LogP contribution in [0.2, 0.25) is 0 Å². The fraction of sp³-hybridized carbons (Fsp3) is 0.974. The number of ether oxygens (including phenoxy) is 4. The lowest BCUT2D eigenvalue weighted by Crippen LogP contribution is -2.60. The van der Waals surface area contributed by atoms with E-state index in [9.17, 15) is 15.0 Å². The Morgan fingerprint density at radius 3 is 2.42 bits per heavy atom. The van der Waals surface area contributed by atoms with Gasteiger partial charge in [-0.25, -0.2) is 0 Å². The molecule has 3 saturated heterocycles. The Morgan fingerprint density at radius 1 is 1.04 bits per heavy atom. The number of rotatable bonds is 6. The van der Waals surface area contributed by atoms with Gasteiger partial charge in [0.2, 0.25) is 5.91 Å². The molecule has 3 aliphatic heterocycles. The van der Waals surface area contributed by atoms with Gasteiger partial charge in [-0.05, 0) is 111 Å². The SMILES string of the molecule is CC(=O)N[C@@H]([C@H]1C[C@@H](C)[C@H]2[C@H](O1)[C@H](O)[C@@]1(C)[C@@H]3CC[C@H]4C(C)(C)[C@@H](O[C@H]5CN(C6COC6)CCO5)CC[C@@]45C[C@@]35CC[C@]21C)C(C)(C)O. The van der Waals surface area contributed by atoms with Gasteiger partial charge < -0.3 is 34.5 Å². The van der Waals surface area contributed by atoms with Crippen molar-refractivity contribution in [2.45, 2.75) is 155 Å². The van der Waals surface area contributed by atoms with Gasteiger partial charge in [0.25, 0.3) is 0 Å². The molecule has 0 aromatic rings. The van der Waals surface area contributed by atoms with Crippen molar-refractivity contribution in [2.75, 3.05) is 32.9 Å². The van der Waals surface area contributed by atoms with E-state index in [-0.39, 0.29) is 58.1 Å². The molecular formula is C39H64N2O7. The Morgan fingerprint density at radius 2 is 1.75 bits per heavy atom. The van der Waals surface area contributed by atoms with Gasteiger partial charge in [-0.2, -0.15) is 0 Å². The van der Waals surface area contributed by atoms with Crippen LogP contribution in [0.3, 0.4) is 0 Å². The highest BCUT2D eigenvalue weighted by Gasteiger charge is 2.84. The van der Waals surface area contributed by atoms with Crippen LogP contribution in [-0.2, 0) is 23.7 Å². The van der Waals surface area contributed by atoms with Crippen LogP contribution < -0.4 is 5.32 Å². The van der Waals surface area contributed by atoms with Gasteiger partial charge in [-0.1, -0.05) is 34.6 Å². The number of morpholine rings is 1. The summed E-state index contributed by atoms with van der Waals surface area (Å²) in [6.07, 6.45) is 7.86. The van der Waals surface area contributed by atoms with E-state index in [1.807, 2.05) is 0 Å². The maximum Gasteiger partial charge on any atom is 0.217 e. The molecule has 5 aliphatic carbocycles. The Labute approximate surface area is 288 Å². The molecule has 8 fully saturated rings. The molecule has 0 aromatic heterocycles. The fourth-order valence-electron chi connectivity index (χ4n) is 14.4. The van der Waals surface area contributed by atoms with Crippen molar-refractivity contribution in [2.24, 2.45) is 50.7 Å². The van der Waals surface area contributed by atoms with Crippen LogP contribution in [0.4, 0.5) is 0 Å². The summed E-state index contributed by atoms with van der Waals surface area (Å²) in [5, 5.41) is 26.7. The monoisotopic (exact) mass is 672 g/mol. The topological polar surface area (TPSA) is 110 Å². The number of carbonyl (C=O) groups is 1. The standard InChI is InChI=1S/C39H64N2O7/c1-22-17-25(32(35(5,6)44)40-23(2)42)47-31-30(22)36(7)13-14-39-21-38(39)12-11-28(48-29-18-41(15-16-46-29)24-19-45-20-24)34(3,4)26(38)9-10-27(39)37(36,8)33(31)43/h22,24-33,43-44H,9-21H2,1-8H3,(H,40,42)/t22-,25-,26+,27+,28+,29+,30+,31+,32+,33+,36-,37-,38-,39+/m1/s1. The zero-order chi connectivity index (χ0) is 34.2. The maximum atomic E-state index is 12.6. The second kappa shape index (κ2) is 11.1. The van der Waals surface area contributed by atoms with E-state index in [4.69, 9.17) is 18.9 Å². The molecule has 5 saturated carbocycles. The van der Waals surface area contributed by atoms with Gasteiger partial charge >= 0.3 is 0 Å². The van der Waals surface area contributed by atoms with Crippen LogP contribution >= 0.6 is 0 Å². The first-order valence-corrected chi connectivity index (χ1v) is 19.4. The molecule has 0 bridgehead atoms. The second-order valence-corrected chi connectivity index (χ2v) is 19.5. The average molecular weight is 673 g/mol. The number of hydrogen-bond donors (Lipinski definition) is 3. The van der Waals surface area contributed by atoms with Gasteiger partial charge in [0.15, 0.2) is 6.29 Å². The molecule has 8 rings (SSSR count). The Bertz CT molecular complexity index is 1280. The molecule has 272 valence electrons. The zero-order valence-electron chi connectivity index (χ0n) is 30.9. The third-order valence-corrected chi connectivity index (χ3v) is 16.8. The summed E-state index contributed by atoms with van der Waals surface area (Å²) in [5.41, 5.74) is -0.762. The summed E-state index contributed by atoms with van der Waals surface area (Å²) in [5.74, 6) is 1.47. The lowest BCUT2D eigenvalue weighted by atomic mass is 9.41. The number of amides is 1. The summed E-state index contributed by atoms with van der Waals surface area (Å²) >= 11 is 0. The fourth-order valence-corrected chi connectivity index (χ4v) is 14.4. The Hall–Kier alpha value is -0.810. The normalized spacial score (nSPS) is 52.1. The number of fused-ring (bicyclic) bond motifs is 4. The van der Waals surface area contributed by atoms with Crippen molar-refractivity contribution < 1.29 is 34.0 Å². The number of aliphatic hydroxyl groups excluding tert-OH is 1. The summed E-state index contributed by atoms with van der Waals surface area (Å²) in [6, 6.07) is -0.0203. The highest BCUT2D eigenvalue weighted by Crippen LogP contribution is 2.89. The molecule has 48 heavy (non-hydrogen) atoms. The van der Waals surface area contributed by atoms with E-state index in [0.717, 1.165) is 58.6 Å². The Balaban J connectivity index is 1.03. The smallest absolute Gasteiger partial charge is 0.217 e. The summed E-state index contributed by atoms with van der Waals surface area (Å²) in [6.45, 7) is 21.4. The van der Waals surface area contributed by atoms with Gasteiger partial charge in [0.1, 0.15) is 0 Å². The van der Waals surface area contributed by atoms with Crippen molar-refractivity contribution in [1.29, 1.82) is 0 Å². The largest absolute Gasteiger partial charge is 0.390 e. The maximum absolute atomic E-state index is 12.6. The lowest BCUT2D eigenvalue weighted by molar-refractivity contribution is -0.256. The van der Waals surface area contributed by atoms with E-state index < -0.39 is 17.7 Å². The number of carbonyl (C=O) groups excluding carboxylic acids is 1. The van der Waals surface area contributed by atoms with E-state index in [1.165, 1.54) is 32.6 Å². The van der Waals surface area contributed by atoms with Gasteiger partial charge in [0, 0.05) is 18.9 Å². The van der Waals surface area contributed by atoms with Crippen molar-refractivity contribution >= 4 is 5.91 Å². The minimum atomic E-state index is -1.14. The second-order valence-electron chi connectivity index (χ2n) is 19.5. The summed E-state index contributed by atoms with van der Waals surface area (Å²) in [4.78, 5) is 14.7. The molecule has 3 N–H and O–H groups in total. The number of aliphatic hydroxyl groups is 2. The first kappa shape index (κ1) is 34.3. The quantitative estimate of drug-likeness (QED) is 0.378. The average Bonchev–Trinajstić information content (AvgIpc) is 3.61.